The smallest absolute Gasteiger partial charge is 0.0418 e. The third kappa shape index (κ3) is 6.48. The molecule has 0 aliphatic carbocycles. The summed E-state index contributed by atoms with van der Waals surface area (Å²) in [6.45, 7) is 2.01. The Hall–Kier alpha value is -3.53. The van der Waals surface area contributed by atoms with Crippen molar-refractivity contribution in [1.82, 2.24) is 15.0 Å². The summed E-state index contributed by atoms with van der Waals surface area (Å²) in [7, 11) is 0. The molecule has 0 bridgehead atoms. The average Bonchev–Trinajstić information content (AvgIpc) is 2.86. The van der Waals surface area contributed by atoms with E-state index < -0.39 is 0 Å². The minimum atomic E-state index is -0.281. The molecule has 0 saturated carbocycles. The summed E-state index contributed by atoms with van der Waals surface area (Å²) in [5.41, 5.74) is 6.59. The molecule has 0 atom stereocenters. The second-order valence-electron chi connectivity index (χ2n) is 7.03. The molecule has 2 aromatic carbocycles. The Kier molecular flexibility index (Phi) is 8.70. The molecule has 3 nitrogen and oxygen atoms in total. The molecule has 3 heterocycles. The Bertz CT molecular complexity index is 1240. The molecule has 5 aromatic rings. The number of benzene rings is 2. The topological polar surface area (TPSA) is 38.7 Å². The van der Waals surface area contributed by atoms with Crippen LogP contribution in [0, 0.1) is 24.9 Å². The van der Waals surface area contributed by atoms with Gasteiger partial charge in [0.25, 0.3) is 0 Å². The zero-order valence-corrected chi connectivity index (χ0v) is 20.3. The van der Waals surface area contributed by atoms with Crippen molar-refractivity contribution in [1.29, 1.82) is 0 Å². The minimum absolute atomic E-state index is 0. The molecule has 5 rings (SSSR count). The van der Waals surface area contributed by atoms with Crippen LogP contribution in [-0.4, -0.2) is 15.0 Å². The van der Waals surface area contributed by atoms with Crippen LogP contribution in [-0.2, 0) is 20.1 Å². The zero-order chi connectivity index (χ0) is 22.2. The van der Waals surface area contributed by atoms with Crippen molar-refractivity contribution in [3.05, 3.63) is 127 Å². The summed E-state index contributed by atoms with van der Waals surface area (Å²) in [4.78, 5) is 12.6. The van der Waals surface area contributed by atoms with Crippen molar-refractivity contribution in [2.24, 2.45) is 0 Å². The Labute approximate surface area is 206 Å². The van der Waals surface area contributed by atoms with Gasteiger partial charge in [0.2, 0.25) is 0 Å². The molecule has 165 valence electrons. The number of aromatic nitrogens is 3. The van der Waals surface area contributed by atoms with Gasteiger partial charge in [-0.3, -0.25) is 4.98 Å². The maximum atomic E-state index is 13.2. The van der Waals surface area contributed by atoms with Crippen LogP contribution >= 0.6 is 0 Å². The van der Waals surface area contributed by atoms with E-state index in [2.05, 4.69) is 27.1 Å². The van der Waals surface area contributed by atoms with E-state index in [-0.39, 0.29) is 25.9 Å². The number of pyridine rings is 3. The third-order valence-electron chi connectivity index (χ3n) is 4.79. The van der Waals surface area contributed by atoms with Crippen LogP contribution < -0.4 is 0 Å². The predicted octanol–water partition coefficient (Wildman–Crippen LogP) is 6.60. The van der Waals surface area contributed by atoms with Crippen molar-refractivity contribution >= 4 is 0 Å². The van der Waals surface area contributed by atoms with Gasteiger partial charge < -0.3 is 9.97 Å². The van der Waals surface area contributed by atoms with E-state index in [4.69, 9.17) is 0 Å². The summed E-state index contributed by atoms with van der Waals surface area (Å²) >= 11 is 0. The maximum absolute atomic E-state index is 13.2. The fourth-order valence-corrected chi connectivity index (χ4v) is 3.20. The van der Waals surface area contributed by atoms with Gasteiger partial charge in [-0.15, -0.1) is 65.7 Å². The Balaban J connectivity index is 0.000000202. The molecule has 3 aromatic heterocycles. The van der Waals surface area contributed by atoms with E-state index in [9.17, 15) is 4.39 Å². The Morgan fingerprint density at radius 1 is 0.727 bits per heavy atom. The molecule has 0 spiro atoms. The van der Waals surface area contributed by atoms with Crippen LogP contribution in [0.3, 0.4) is 0 Å². The van der Waals surface area contributed by atoms with Crippen molar-refractivity contribution in [3.63, 3.8) is 0 Å². The first-order valence-electron chi connectivity index (χ1n) is 10.1. The molecule has 1 radical (unpaired) electrons. The molecule has 0 aliphatic heterocycles. The molecule has 0 fully saturated rings. The second kappa shape index (κ2) is 11.9. The molecule has 0 N–H and O–H groups in total. The third-order valence-corrected chi connectivity index (χ3v) is 4.79. The molecule has 5 heteroatoms. The van der Waals surface area contributed by atoms with Gasteiger partial charge >= 0.3 is 0 Å². The molecular formula is C28H20FIrN3-2. The largest absolute Gasteiger partial charge is 0.305 e. The average molecular weight is 610 g/mol. The summed E-state index contributed by atoms with van der Waals surface area (Å²) in [5, 5.41) is 0. The van der Waals surface area contributed by atoms with Crippen LogP contribution in [0.25, 0.3) is 33.6 Å². The SMILES string of the molecule is Cc1cc(-c2[c-]ccc(F)c2)ncc1-c1ccncc1.[Ir].[c-]1ccccc1-c1ccccn1. The van der Waals surface area contributed by atoms with E-state index >= 15 is 0 Å². The van der Waals surface area contributed by atoms with Crippen LogP contribution in [0.15, 0.2) is 104 Å². The zero-order valence-electron chi connectivity index (χ0n) is 17.9. The van der Waals surface area contributed by atoms with Gasteiger partial charge in [0.05, 0.1) is 0 Å². The molecule has 33 heavy (non-hydrogen) atoms. The van der Waals surface area contributed by atoms with Crippen molar-refractivity contribution in [2.45, 2.75) is 6.92 Å². The van der Waals surface area contributed by atoms with Crippen LogP contribution in [0.4, 0.5) is 4.39 Å². The van der Waals surface area contributed by atoms with Crippen molar-refractivity contribution in [3.8, 4) is 33.6 Å². The van der Waals surface area contributed by atoms with Crippen molar-refractivity contribution < 1.29 is 24.5 Å². The van der Waals surface area contributed by atoms with E-state index in [1.165, 1.54) is 12.1 Å². The summed E-state index contributed by atoms with van der Waals surface area (Å²) in [6.07, 6.45) is 7.10. The van der Waals surface area contributed by atoms with Crippen LogP contribution in [0.2, 0.25) is 0 Å². The number of aryl methyl sites for hydroxylation is 1. The monoisotopic (exact) mass is 610 g/mol. The molecule has 0 unspecified atom stereocenters. The van der Waals surface area contributed by atoms with Gasteiger partial charge in [0, 0.05) is 56.3 Å². The maximum Gasteiger partial charge on any atom is 0.0418 e. The number of hydrogen-bond acceptors (Lipinski definition) is 3. The number of rotatable bonds is 3. The first kappa shape index (κ1) is 24.1. The summed E-state index contributed by atoms with van der Waals surface area (Å²) < 4.78 is 13.2. The fourth-order valence-electron chi connectivity index (χ4n) is 3.20. The van der Waals surface area contributed by atoms with Gasteiger partial charge in [-0.1, -0.05) is 18.2 Å². The fraction of sp³-hybridized carbons (Fsp3) is 0.0357. The van der Waals surface area contributed by atoms with Crippen LogP contribution in [0.5, 0.6) is 0 Å². The molecular weight excluding hydrogens is 590 g/mol. The first-order valence-corrected chi connectivity index (χ1v) is 10.1. The summed E-state index contributed by atoms with van der Waals surface area (Å²) in [5.74, 6) is -0.281. The number of halogens is 1. The van der Waals surface area contributed by atoms with Gasteiger partial charge in [-0.25, -0.2) is 4.39 Å². The Morgan fingerprint density at radius 3 is 2.18 bits per heavy atom. The van der Waals surface area contributed by atoms with Gasteiger partial charge in [0.15, 0.2) is 0 Å². The summed E-state index contributed by atoms with van der Waals surface area (Å²) in [6, 6.07) is 30.0. The second-order valence-corrected chi connectivity index (χ2v) is 7.03. The van der Waals surface area contributed by atoms with Gasteiger partial charge in [-0.2, -0.15) is 0 Å². The predicted molar refractivity (Wildman–Crippen MR) is 125 cm³/mol. The number of nitrogens with zero attached hydrogens (tertiary/aromatic N) is 3. The van der Waals surface area contributed by atoms with E-state index in [0.717, 1.165) is 33.6 Å². The molecule has 0 aliphatic rings. The standard InChI is InChI=1S/C17H12FN2.C11H8N.Ir/c1-12-9-17(14-3-2-4-15(18)10-14)20-11-16(12)13-5-7-19-8-6-13;1-2-6-10(7-3-1)11-8-4-5-9-12-11;/h2,4-11H,1H3;1-6,8-9H;/q2*-1;. The Morgan fingerprint density at radius 2 is 1.52 bits per heavy atom. The van der Waals surface area contributed by atoms with E-state index in [1.807, 2.05) is 67.6 Å². The van der Waals surface area contributed by atoms with Crippen LogP contribution in [0.1, 0.15) is 5.56 Å². The van der Waals surface area contributed by atoms with E-state index in [0.29, 0.717) is 5.56 Å². The van der Waals surface area contributed by atoms with Crippen molar-refractivity contribution in [2.75, 3.05) is 0 Å². The minimum Gasteiger partial charge on any atom is -0.305 e. The van der Waals surface area contributed by atoms with Gasteiger partial charge in [0.1, 0.15) is 0 Å². The van der Waals surface area contributed by atoms with E-state index in [1.54, 1.807) is 30.9 Å². The quantitative estimate of drug-likeness (QED) is 0.216. The molecule has 0 saturated heterocycles. The normalized spacial score (nSPS) is 9.88. The molecule has 0 amide bonds. The number of hydrogen-bond donors (Lipinski definition) is 0. The van der Waals surface area contributed by atoms with Gasteiger partial charge in [-0.05, 0) is 47.6 Å². The first-order chi connectivity index (χ1) is 15.7.